The van der Waals surface area contributed by atoms with Crippen molar-refractivity contribution in [1.82, 2.24) is 16.0 Å². The van der Waals surface area contributed by atoms with Crippen LogP contribution in [0.5, 0.6) is 0 Å². The van der Waals surface area contributed by atoms with Gasteiger partial charge in [-0.25, -0.2) is 9.59 Å². The molecule has 9 nitrogen and oxygen atoms in total. The quantitative estimate of drug-likeness (QED) is 0.387. The average molecular weight is 478 g/mol. The molecule has 0 saturated carbocycles. The van der Waals surface area contributed by atoms with Gasteiger partial charge in [-0.15, -0.1) is 0 Å². The van der Waals surface area contributed by atoms with Gasteiger partial charge in [0.25, 0.3) is 0 Å². The predicted octanol–water partition coefficient (Wildman–Crippen LogP) is 2.88. The van der Waals surface area contributed by atoms with Crippen molar-refractivity contribution in [2.24, 2.45) is 11.8 Å². The molecule has 34 heavy (non-hydrogen) atoms. The number of alkyl carbamates (subject to hydrolysis) is 1. The van der Waals surface area contributed by atoms with E-state index in [2.05, 4.69) is 16.0 Å². The second kappa shape index (κ2) is 13.0. The highest BCUT2D eigenvalue weighted by molar-refractivity contribution is 5.93. The molecule has 0 aliphatic heterocycles. The highest BCUT2D eigenvalue weighted by atomic mass is 16.6. The molecule has 0 spiro atoms. The number of benzene rings is 1. The molecule has 1 aromatic rings. The third-order valence-electron chi connectivity index (χ3n) is 4.86. The molecule has 190 valence electrons. The molecular formula is C25H39N3O6. The SMILES string of the molecule is CC(C)C[C@H](NC(=O)[C@@H](NC(=O)OC(C)(C)C)C(C)C)C(=O)N[C@@H](Cc1ccccc1)C(=O)O. The Morgan fingerprint density at radius 1 is 0.882 bits per heavy atom. The molecule has 3 atom stereocenters. The summed E-state index contributed by atoms with van der Waals surface area (Å²) in [5, 5.41) is 17.4. The topological polar surface area (TPSA) is 134 Å². The van der Waals surface area contributed by atoms with Gasteiger partial charge in [-0.2, -0.15) is 0 Å². The van der Waals surface area contributed by atoms with Crippen molar-refractivity contribution in [2.45, 2.75) is 85.0 Å². The monoisotopic (exact) mass is 477 g/mol. The second-order valence-corrected chi connectivity index (χ2v) is 10.1. The molecule has 9 heteroatoms. The van der Waals surface area contributed by atoms with E-state index in [1.807, 2.05) is 19.9 Å². The first-order chi connectivity index (χ1) is 15.7. The number of ether oxygens (including phenoxy) is 1. The number of amides is 3. The Bertz CT molecular complexity index is 833. The number of aliphatic carboxylic acids is 1. The molecule has 0 aromatic heterocycles. The predicted molar refractivity (Wildman–Crippen MR) is 129 cm³/mol. The normalized spacial score (nSPS) is 14.1. The van der Waals surface area contributed by atoms with Gasteiger partial charge in [0.05, 0.1) is 0 Å². The molecule has 0 bridgehead atoms. The summed E-state index contributed by atoms with van der Waals surface area (Å²) < 4.78 is 5.25. The number of hydrogen-bond acceptors (Lipinski definition) is 5. The standard InChI is InChI=1S/C25H39N3O6/c1-15(2)13-18(21(29)27-19(23(31)32)14-17-11-9-8-10-12-17)26-22(30)20(16(3)4)28-24(33)34-25(5,6)7/h8-12,15-16,18-20H,13-14H2,1-7H3,(H,26,30)(H,27,29)(H,28,33)(H,31,32)/t18-,19-,20-/m0/s1. The zero-order chi connectivity index (χ0) is 26.1. The second-order valence-electron chi connectivity index (χ2n) is 10.1. The molecular weight excluding hydrogens is 438 g/mol. The Labute approximate surface area is 202 Å². The van der Waals surface area contributed by atoms with E-state index in [4.69, 9.17) is 4.74 Å². The van der Waals surface area contributed by atoms with E-state index in [0.717, 1.165) is 5.56 Å². The van der Waals surface area contributed by atoms with E-state index < -0.39 is 47.6 Å². The summed E-state index contributed by atoms with van der Waals surface area (Å²) in [5.74, 6) is -2.54. The maximum atomic E-state index is 13.0. The number of rotatable bonds is 11. The number of carboxylic acids is 1. The lowest BCUT2D eigenvalue weighted by atomic mass is 9.99. The summed E-state index contributed by atoms with van der Waals surface area (Å²) >= 11 is 0. The Morgan fingerprint density at radius 2 is 1.44 bits per heavy atom. The van der Waals surface area contributed by atoms with Gasteiger partial charge in [0.2, 0.25) is 11.8 Å². The molecule has 1 rings (SSSR count). The summed E-state index contributed by atoms with van der Waals surface area (Å²) in [6.07, 6.45) is -0.328. The molecule has 0 fully saturated rings. The number of carbonyl (C=O) groups is 4. The first-order valence-electron chi connectivity index (χ1n) is 11.6. The van der Waals surface area contributed by atoms with Crippen LogP contribution in [0.1, 0.15) is 60.5 Å². The largest absolute Gasteiger partial charge is 0.480 e. The van der Waals surface area contributed by atoms with Crippen molar-refractivity contribution in [3.05, 3.63) is 35.9 Å². The van der Waals surface area contributed by atoms with E-state index in [-0.39, 0.29) is 18.3 Å². The Morgan fingerprint density at radius 3 is 1.91 bits per heavy atom. The van der Waals surface area contributed by atoms with Crippen molar-refractivity contribution in [1.29, 1.82) is 0 Å². The van der Waals surface area contributed by atoms with Gasteiger partial charge < -0.3 is 25.8 Å². The van der Waals surface area contributed by atoms with Gasteiger partial charge in [0.15, 0.2) is 0 Å². The summed E-state index contributed by atoms with van der Waals surface area (Å²) in [7, 11) is 0. The van der Waals surface area contributed by atoms with Crippen LogP contribution in [0.4, 0.5) is 4.79 Å². The Kier molecular flexibility index (Phi) is 11.0. The lowest BCUT2D eigenvalue weighted by Gasteiger charge is -2.28. The molecule has 0 radical (unpaired) electrons. The van der Waals surface area contributed by atoms with Crippen LogP contribution >= 0.6 is 0 Å². The van der Waals surface area contributed by atoms with Crippen molar-refractivity contribution >= 4 is 23.9 Å². The van der Waals surface area contributed by atoms with Crippen LogP contribution in [0.25, 0.3) is 0 Å². The lowest BCUT2D eigenvalue weighted by molar-refractivity contribution is -0.142. The zero-order valence-corrected chi connectivity index (χ0v) is 21.2. The first kappa shape index (κ1) is 28.9. The molecule has 3 amide bonds. The smallest absolute Gasteiger partial charge is 0.408 e. The van der Waals surface area contributed by atoms with Gasteiger partial charge in [-0.05, 0) is 44.6 Å². The summed E-state index contributed by atoms with van der Waals surface area (Å²) in [4.78, 5) is 50.0. The maximum absolute atomic E-state index is 13.0. The molecule has 4 N–H and O–H groups in total. The van der Waals surface area contributed by atoms with Gasteiger partial charge in [0.1, 0.15) is 23.7 Å². The highest BCUT2D eigenvalue weighted by Gasteiger charge is 2.32. The van der Waals surface area contributed by atoms with Gasteiger partial charge in [0, 0.05) is 6.42 Å². The maximum Gasteiger partial charge on any atom is 0.408 e. The molecule has 0 unspecified atom stereocenters. The fourth-order valence-corrected chi connectivity index (χ4v) is 3.26. The highest BCUT2D eigenvalue weighted by Crippen LogP contribution is 2.11. The third kappa shape index (κ3) is 10.7. The van der Waals surface area contributed by atoms with Crippen LogP contribution in [0, 0.1) is 11.8 Å². The minimum absolute atomic E-state index is 0.0461. The average Bonchev–Trinajstić information content (AvgIpc) is 2.69. The van der Waals surface area contributed by atoms with E-state index >= 15 is 0 Å². The van der Waals surface area contributed by atoms with Crippen LogP contribution in [0.3, 0.4) is 0 Å². The lowest BCUT2D eigenvalue weighted by Crippen LogP contribution is -2.57. The van der Waals surface area contributed by atoms with Gasteiger partial charge in [-0.3, -0.25) is 9.59 Å². The van der Waals surface area contributed by atoms with Crippen molar-refractivity contribution in [3.63, 3.8) is 0 Å². The Balaban J connectivity index is 2.96. The van der Waals surface area contributed by atoms with Crippen LogP contribution in [0.2, 0.25) is 0 Å². The number of carbonyl (C=O) groups excluding carboxylic acids is 3. The number of hydrogen-bond donors (Lipinski definition) is 4. The van der Waals surface area contributed by atoms with E-state index in [0.29, 0.717) is 6.42 Å². The van der Waals surface area contributed by atoms with Gasteiger partial charge in [-0.1, -0.05) is 58.0 Å². The molecule has 0 aliphatic carbocycles. The Hall–Kier alpha value is -3.10. The first-order valence-corrected chi connectivity index (χ1v) is 11.6. The zero-order valence-electron chi connectivity index (χ0n) is 21.2. The van der Waals surface area contributed by atoms with Crippen LogP contribution in [-0.4, -0.2) is 52.7 Å². The summed E-state index contributed by atoms with van der Waals surface area (Å²) in [5.41, 5.74) is 0.0355. The van der Waals surface area contributed by atoms with Crippen molar-refractivity contribution in [3.8, 4) is 0 Å². The molecule has 1 aromatic carbocycles. The molecule has 0 saturated heterocycles. The van der Waals surface area contributed by atoms with E-state index in [1.165, 1.54) is 0 Å². The molecule has 0 aliphatic rings. The number of carboxylic acid groups (broad SMARTS) is 1. The minimum atomic E-state index is -1.17. The van der Waals surface area contributed by atoms with Crippen molar-refractivity contribution < 1.29 is 29.0 Å². The van der Waals surface area contributed by atoms with Crippen LogP contribution in [0.15, 0.2) is 30.3 Å². The fourth-order valence-electron chi connectivity index (χ4n) is 3.26. The summed E-state index contributed by atoms with van der Waals surface area (Å²) in [6, 6.07) is 5.92. The van der Waals surface area contributed by atoms with E-state index in [1.54, 1.807) is 58.9 Å². The van der Waals surface area contributed by atoms with Crippen LogP contribution in [-0.2, 0) is 25.5 Å². The third-order valence-corrected chi connectivity index (χ3v) is 4.86. The van der Waals surface area contributed by atoms with E-state index in [9.17, 15) is 24.3 Å². The molecule has 0 heterocycles. The van der Waals surface area contributed by atoms with Crippen molar-refractivity contribution in [2.75, 3.05) is 0 Å². The van der Waals surface area contributed by atoms with Gasteiger partial charge >= 0.3 is 12.1 Å². The summed E-state index contributed by atoms with van der Waals surface area (Å²) in [6.45, 7) is 12.5. The number of nitrogens with one attached hydrogen (secondary N) is 3. The van der Waals surface area contributed by atoms with Crippen LogP contribution < -0.4 is 16.0 Å². The fraction of sp³-hybridized carbons (Fsp3) is 0.600. The minimum Gasteiger partial charge on any atom is -0.480 e.